The molecule has 0 aliphatic carbocycles. The summed E-state index contributed by atoms with van der Waals surface area (Å²) >= 11 is 0. The molecule has 4 fully saturated rings. The molecule has 692 valence electrons. The Morgan fingerprint density at radius 1 is 0.267 bits per heavy atom. The average molecular weight is 1790 g/mol. The Morgan fingerprint density at radius 3 is 0.878 bits per heavy atom. The molecular formula is C100H118N12O19. The molecule has 131 heavy (non-hydrogen) atoms. The minimum atomic E-state index is -0.760. The van der Waals surface area contributed by atoms with E-state index in [1.54, 1.807) is 75.9 Å². The van der Waals surface area contributed by atoms with E-state index in [1.165, 1.54) is 159 Å². The lowest BCUT2D eigenvalue weighted by Gasteiger charge is -2.29. The molecule has 8 aliphatic heterocycles. The van der Waals surface area contributed by atoms with Crippen LogP contribution in [0.15, 0.2) is 199 Å². The molecule has 8 amide bonds. The molecular weight excluding hydrogens is 1670 g/mol. The highest BCUT2D eigenvalue weighted by Gasteiger charge is 2.38. The highest BCUT2D eigenvalue weighted by Crippen LogP contribution is 2.47. The van der Waals surface area contributed by atoms with E-state index in [0.29, 0.717) is 130 Å². The van der Waals surface area contributed by atoms with Crippen LogP contribution < -0.4 is 114 Å². The minimum absolute atomic E-state index is 0. The van der Waals surface area contributed by atoms with Gasteiger partial charge in [0.2, 0.25) is 11.5 Å². The van der Waals surface area contributed by atoms with Gasteiger partial charge >= 0.3 is 24.1 Å². The molecule has 16 rings (SSSR count). The number of urea groups is 4. The van der Waals surface area contributed by atoms with Gasteiger partial charge in [-0.25, -0.2) is 19.2 Å². The number of Topliss-reactive ketones (excluding diaryl/α,β-unsaturated/α-hetero) is 4. The molecule has 8 aliphatic rings. The molecule has 4 unspecified atom stereocenters. The number of nitrogens with one attached hydrogen (secondary N) is 8. The Balaban J connectivity index is 0.000000158. The zero-order valence-electron chi connectivity index (χ0n) is 75.2. The molecule has 8 heterocycles. The molecule has 0 aromatic heterocycles. The van der Waals surface area contributed by atoms with Crippen LogP contribution in [0.1, 0.15) is 172 Å². The predicted octanol–water partition coefficient (Wildman–Crippen LogP) is 15.9. The number of benzene rings is 8. The molecule has 4 atom stereocenters. The molecule has 0 saturated carbocycles. The van der Waals surface area contributed by atoms with E-state index in [-0.39, 0.29) is 36.6 Å². The van der Waals surface area contributed by atoms with Crippen molar-refractivity contribution in [1.82, 2.24) is 42.5 Å². The molecule has 4 saturated heterocycles. The Morgan fingerprint density at radius 2 is 0.557 bits per heavy atom. The van der Waals surface area contributed by atoms with E-state index in [4.69, 9.17) is 52.1 Å². The lowest BCUT2D eigenvalue weighted by molar-refractivity contribution is 0.101. The van der Waals surface area contributed by atoms with E-state index >= 15 is 0 Å². The first-order chi connectivity index (χ1) is 63.3. The zero-order valence-corrected chi connectivity index (χ0v) is 75.2. The summed E-state index contributed by atoms with van der Waals surface area (Å²) in [7, 11) is 16.8. The van der Waals surface area contributed by atoms with Gasteiger partial charge in [-0.3, -0.25) is 19.2 Å². The van der Waals surface area contributed by atoms with Crippen molar-refractivity contribution in [2.24, 2.45) is 0 Å². The topological polar surface area (TPSA) is 347 Å². The summed E-state index contributed by atoms with van der Waals surface area (Å²) < 4.78 is 59.9. The number of ketones is 4. The molecule has 0 bridgehead atoms. The van der Waals surface area contributed by atoms with Gasteiger partial charge in [0.05, 0.1) is 108 Å². The number of amides is 8. The molecule has 8 aromatic carbocycles. The average Bonchev–Trinajstić information content (AvgIpc) is 0.784. The fraction of sp³-hybridized carbons (Fsp3) is 0.360. The van der Waals surface area contributed by atoms with Crippen molar-refractivity contribution < 1.29 is 90.5 Å². The fourth-order valence-corrected chi connectivity index (χ4v) is 17.2. The number of carbonyl (C=O) groups excluding carboxylic acids is 8. The third-order valence-corrected chi connectivity index (χ3v) is 24.1. The fourth-order valence-electron chi connectivity index (χ4n) is 17.2. The minimum Gasteiger partial charge on any atom is -0.497 e. The van der Waals surface area contributed by atoms with Crippen molar-refractivity contribution in [1.29, 1.82) is 0 Å². The summed E-state index contributed by atoms with van der Waals surface area (Å²) in [6.45, 7) is 8.32. The van der Waals surface area contributed by atoms with E-state index in [0.717, 1.165) is 75.1 Å². The number of nitrogens with zero attached hydrogens (tertiary/aromatic N) is 4. The maximum atomic E-state index is 13.5. The number of ether oxygens (including phenoxy) is 11. The SMILES string of the molecule is C.COc1cc(C2NC(=O)NC=C2C(=O)c2ccc(N3CCCCC3)cc2)cc(OC)c1OC.COc1cc(OC)c(C2NC(=O)NC=C2C(=O)c2ccc(N3CCCCC3)cc2)c(OC)c1.COc1ccc(C2NC(=O)NC=C2C(=O)c2ccc(N3CCCCC3)cc2)c(OC)c1.COc1ccc(C2NC(=O)NC=C2C(=O)c2ccc(N3CCCCC3)cc2)c(OC)c1OC. The Hall–Kier alpha value is -14.5. The lowest BCUT2D eigenvalue weighted by atomic mass is 9.90. The van der Waals surface area contributed by atoms with E-state index in [9.17, 15) is 38.4 Å². The van der Waals surface area contributed by atoms with Crippen LogP contribution in [0.5, 0.6) is 63.2 Å². The first kappa shape index (κ1) is 95.6. The second-order valence-corrected chi connectivity index (χ2v) is 31.7. The second kappa shape index (κ2) is 45.5. The summed E-state index contributed by atoms with van der Waals surface area (Å²) in [6, 6.07) is 41.9. The smallest absolute Gasteiger partial charge is 0.319 e. The third kappa shape index (κ3) is 22.4. The van der Waals surface area contributed by atoms with Crippen LogP contribution in [0.4, 0.5) is 41.9 Å². The van der Waals surface area contributed by atoms with E-state index in [2.05, 4.69) is 62.1 Å². The molecule has 0 radical (unpaired) electrons. The van der Waals surface area contributed by atoms with Crippen LogP contribution in [-0.4, -0.2) is 178 Å². The maximum Gasteiger partial charge on any atom is 0.319 e. The van der Waals surface area contributed by atoms with Crippen molar-refractivity contribution in [2.45, 2.75) is 109 Å². The van der Waals surface area contributed by atoms with E-state index in [1.807, 2.05) is 97.1 Å². The van der Waals surface area contributed by atoms with Crippen LogP contribution in [0.2, 0.25) is 0 Å². The Labute approximate surface area is 764 Å². The molecule has 31 nitrogen and oxygen atoms in total. The van der Waals surface area contributed by atoms with Crippen molar-refractivity contribution in [3.05, 3.63) is 243 Å². The molecule has 31 heteroatoms. The highest BCUT2D eigenvalue weighted by molar-refractivity contribution is 6.13. The van der Waals surface area contributed by atoms with Gasteiger partial charge < -0.3 is 114 Å². The van der Waals surface area contributed by atoms with Gasteiger partial charge in [0, 0.05) is 174 Å². The van der Waals surface area contributed by atoms with Gasteiger partial charge in [-0.1, -0.05) is 7.43 Å². The number of hydrogen-bond donors (Lipinski definition) is 8. The van der Waals surface area contributed by atoms with Gasteiger partial charge in [0.15, 0.2) is 46.1 Å². The summed E-state index contributed by atoms with van der Waals surface area (Å²) in [5.41, 5.74) is 10.8. The van der Waals surface area contributed by atoms with Crippen LogP contribution >= 0.6 is 0 Å². The standard InChI is InChI=1S/3C25H29N3O5.C24H27N3O4.CH4/c1-31-20-12-11-18(23(32-2)24(20)33-3)21-19(15-26-25(30)27-21)22(29)16-7-9-17(10-8-16)28-13-5-4-6-14-28;1-31-20-13-17(14-21(32-2)24(20)33-3)22-19(15-26-25(30)27-22)23(29)16-7-9-18(10-8-16)28-11-5-4-6-12-28;1-31-18-13-20(32-2)22(21(14-18)33-3)23-19(15-26-25(30)27-23)24(29)16-7-9-17(10-8-16)28-11-5-4-6-12-28;1-30-18-10-11-19(21(14-18)31-2)22-20(15-25-24(29)26-22)23(28)16-6-8-17(9-7-16)27-12-4-3-5-13-27;/h7-12,15,21H,4-6,13-14H2,1-3H3,(H2,26,27,30);7-10,13-15,22H,4-6,11-12H2,1-3H3,(H2,26,27,30);7-10,13-15,23H,4-6,11-12H2,1-3H3,(H2,26,27,30);6-11,14-15,22H,3-5,12-13H2,1-2H3,(H2,25,26,29);1H4. The predicted molar refractivity (Wildman–Crippen MR) is 502 cm³/mol. The van der Waals surface area contributed by atoms with Gasteiger partial charge in [-0.05, 0) is 216 Å². The number of anilines is 4. The van der Waals surface area contributed by atoms with Gasteiger partial charge in [0.1, 0.15) is 28.7 Å². The molecule has 8 N–H and O–H groups in total. The van der Waals surface area contributed by atoms with Gasteiger partial charge in [0.25, 0.3) is 0 Å². The largest absolute Gasteiger partial charge is 0.497 e. The van der Waals surface area contributed by atoms with E-state index < -0.39 is 42.3 Å². The first-order valence-corrected chi connectivity index (χ1v) is 43.6. The number of piperidine rings is 4. The number of methoxy groups -OCH3 is 11. The monoisotopic (exact) mass is 1790 g/mol. The van der Waals surface area contributed by atoms with Gasteiger partial charge in [-0.15, -0.1) is 0 Å². The lowest BCUT2D eigenvalue weighted by Crippen LogP contribution is -2.42. The number of hydrogen-bond acceptors (Lipinski definition) is 23. The molecule has 0 spiro atoms. The van der Waals surface area contributed by atoms with Crippen LogP contribution in [0.25, 0.3) is 0 Å². The van der Waals surface area contributed by atoms with Crippen LogP contribution in [0.3, 0.4) is 0 Å². The third-order valence-electron chi connectivity index (χ3n) is 24.1. The number of carbonyl (C=O) groups is 8. The second-order valence-electron chi connectivity index (χ2n) is 31.7. The summed E-state index contributed by atoms with van der Waals surface area (Å²) in [4.78, 5) is 112. The van der Waals surface area contributed by atoms with Crippen molar-refractivity contribution in [2.75, 3.05) is 150 Å². The zero-order chi connectivity index (χ0) is 91.9. The quantitative estimate of drug-likeness (QED) is 0.0222. The Bertz CT molecular complexity index is 5470. The van der Waals surface area contributed by atoms with Gasteiger partial charge in [-0.2, -0.15) is 0 Å². The van der Waals surface area contributed by atoms with Crippen molar-refractivity contribution >= 4 is 70.0 Å². The summed E-state index contributed by atoms with van der Waals surface area (Å²) in [6.07, 6.45) is 20.5. The first-order valence-electron chi connectivity index (χ1n) is 43.6. The van der Waals surface area contributed by atoms with Crippen LogP contribution in [0, 0.1) is 0 Å². The summed E-state index contributed by atoms with van der Waals surface area (Å²) in [5, 5.41) is 21.7. The van der Waals surface area contributed by atoms with Crippen molar-refractivity contribution in [3.63, 3.8) is 0 Å². The normalized spacial score (nSPS) is 18.0. The summed E-state index contributed by atoms with van der Waals surface area (Å²) in [5.74, 6) is 4.47. The highest BCUT2D eigenvalue weighted by atomic mass is 16.5. The molecule has 8 aromatic rings. The Kier molecular flexibility index (Phi) is 33.2. The van der Waals surface area contributed by atoms with Crippen LogP contribution in [-0.2, 0) is 0 Å². The number of rotatable bonds is 27. The maximum absolute atomic E-state index is 13.5. The van der Waals surface area contributed by atoms with Crippen molar-refractivity contribution in [3.8, 4) is 63.2 Å².